The number of alkyl halides is 3. The molecule has 0 spiro atoms. The average molecular weight is 472 g/mol. The minimum absolute atomic E-state index is 0.161. The standard InChI is InChI=1S/C22H28F3N3O3S/c1-16(2)13-27(14-19-7-5-11-26(19)3)21(29)15-28(18-9-10-18)32(30,31)20-8-4-6-17(12-20)22(23,24)25/h4-8,11-12,16,18H,9-10,13-15H2,1-3H3. The number of carbonyl (C=O) groups is 1. The number of amides is 1. The highest BCUT2D eigenvalue weighted by molar-refractivity contribution is 7.89. The second kappa shape index (κ2) is 9.27. The molecule has 0 saturated heterocycles. The van der Waals surface area contributed by atoms with Gasteiger partial charge in [0.15, 0.2) is 0 Å². The summed E-state index contributed by atoms with van der Waals surface area (Å²) in [5.41, 5.74) is -0.136. The summed E-state index contributed by atoms with van der Waals surface area (Å²) in [6, 6.07) is 7.04. The molecule has 0 aliphatic heterocycles. The number of rotatable bonds is 9. The zero-order chi connectivity index (χ0) is 23.7. The van der Waals surface area contributed by atoms with Crippen LogP contribution in [0.3, 0.4) is 0 Å². The zero-order valence-corrected chi connectivity index (χ0v) is 19.2. The van der Waals surface area contributed by atoms with Crippen molar-refractivity contribution in [3.05, 3.63) is 53.9 Å². The molecular weight excluding hydrogens is 443 g/mol. The highest BCUT2D eigenvalue weighted by Crippen LogP contribution is 2.35. The zero-order valence-electron chi connectivity index (χ0n) is 18.3. The van der Waals surface area contributed by atoms with Gasteiger partial charge in [-0.15, -0.1) is 0 Å². The van der Waals surface area contributed by atoms with Crippen LogP contribution in [0.15, 0.2) is 47.5 Å². The van der Waals surface area contributed by atoms with E-state index in [1.807, 2.05) is 43.8 Å². The Bertz CT molecular complexity index is 1060. The molecule has 32 heavy (non-hydrogen) atoms. The van der Waals surface area contributed by atoms with Gasteiger partial charge in [-0.1, -0.05) is 19.9 Å². The number of hydrogen-bond acceptors (Lipinski definition) is 3. The molecule has 1 aliphatic carbocycles. The summed E-state index contributed by atoms with van der Waals surface area (Å²) < 4.78 is 68.7. The van der Waals surface area contributed by atoms with Crippen molar-refractivity contribution in [2.45, 2.75) is 50.3 Å². The van der Waals surface area contributed by atoms with Crippen molar-refractivity contribution < 1.29 is 26.4 Å². The summed E-state index contributed by atoms with van der Waals surface area (Å²) in [5.74, 6) is -0.212. The molecule has 0 bridgehead atoms. The van der Waals surface area contributed by atoms with Crippen molar-refractivity contribution in [1.29, 1.82) is 0 Å². The van der Waals surface area contributed by atoms with Crippen LogP contribution in [0.5, 0.6) is 0 Å². The molecule has 0 atom stereocenters. The van der Waals surface area contributed by atoms with Crippen LogP contribution in [0.1, 0.15) is 37.9 Å². The summed E-state index contributed by atoms with van der Waals surface area (Å²) >= 11 is 0. The van der Waals surface area contributed by atoms with Crippen LogP contribution in [-0.2, 0) is 34.6 Å². The van der Waals surface area contributed by atoms with Crippen LogP contribution in [0.4, 0.5) is 13.2 Å². The molecule has 1 saturated carbocycles. The van der Waals surface area contributed by atoms with E-state index in [0.29, 0.717) is 32.0 Å². The molecule has 1 fully saturated rings. The number of carbonyl (C=O) groups excluding carboxylic acids is 1. The molecule has 10 heteroatoms. The Morgan fingerprint density at radius 3 is 2.41 bits per heavy atom. The van der Waals surface area contributed by atoms with Gasteiger partial charge < -0.3 is 9.47 Å². The molecule has 3 rings (SSSR count). The molecule has 1 aromatic carbocycles. The number of aryl methyl sites for hydroxylation is 1. The van der Waals surface area contributed by atoms with Crippen LogP contribution in [-0.4, -0.2) is 47.2 Å². The molecule has 1 aromatic heterocycles. The number of benzene rings is 1. The predicted octanol–water partition coefficient (Wildman–Crippen LogP) is 3.88. The van der Waals surface area contributed by atoms with Crippen LogP contribution >= 0.6 is 0 Å². The predicted molar refractivity (Wildman–Crippen MR) is 114 cm³/mol. The molecule has 1 aliphatic rings. The highest BCUT2D eigenvalue weighted by atomic mass is 32.2. The first-order valence-electron chi connectivity index (χ1n) is 10.5. The van der Waals surface area contributed by atoms with E-state index in [4.69, 9.17) is 0 Å². The number of hydrogen-bond donors (Lipinski definition) is 0. The van der Waals surface area contributed by atoms with Crippen LogP contribution in [0, 0.1) is 5.92 Å². The second-order valence-electron chi connectivity index (χ2n) is 8.59. The highest BCUT2D eigenvalue weighted by Gasteiger charge is 2.41. The fourth-order valence-corrected chi connectivity index (χ4v) is 5.21. The van der Waals surface area contributed by atoms with Crippen LogP contribution < -0.4 is 0 Å². The lowest BCUT2D eigenvalue weighted by atomic mass is 10.2. The number of aromatic nitrogens is 1. The minimum atomic E-state index is -4.66. The maximum Gasteiger partial charge on any atom is 0.416 e. The topological polar surface area (TPSA) is 62.6 Å². The third-order valence-corrected chi connectivity index (χ3v) is 7.25. The molecule has 0 N–H and O–H groups in total. The van der Waals surface area contributed by atoms with E-state index in [-0.39, 0.29) is 17.9 Å². The van der Waals surface area contributed by atoms with Crippen LogP contribution in [0.2, 0.25) is 0 Å². The van der Waals surface area contributed by atoms with Gasteiger partial charge in [0.2, 0.25) is 15.9 Å². The van der Waals surface area contributed by atoms with Crippen molar-refractivity contribution >= 4 is 15.9 Å². The summed E-state index contributed by atoms with van der Waals surface area (Å²) in [5, 5.41) is 0. The van der Waals surface area contributed by atoms with Crippen molar-refractivity contribution in [3.8, 4) is 0 Å². The molecule has 0 radical (unpaired) electrons. The quantitative estimate of drug-likeness (QED) is 0.558. The fourth-order valence-electron chi connectivity index (χ4n) is 3.53. The first-order valence-corrected chi connectivity index (χ1v) is 11.9. The lowest BCUT2D eigenvalue weighted by Crippen LogP contribution is -2.44. The lowest BCUT2D eigenvalue weighted by molar-refractivity contribution is -0.137. The third-order valence-electron chi connectivity index (χ3n) is 5.36. The van der Waals surface area contributed by atoms with E-state index in [0.717, 1.165) is 28.2 Å². The molecule has 0 unspecified atom stereocenters. The van der Waals surface area contributed by atoms with E-state index in [1.165, 1.54) is 0 Å². The SMILES string of the molecule is CC(C)CN(Cc1cccn1C)C(=O)CN(C1CC1)S(=O)(=O)c1cccc(C(F)(F)F)c1. The summed E-state index contributed by atoms with van der Waals surface area (Å²) in [4.78, 5) is 14.3. The molecular formula is C22H28F3N3O3S. The molecule has 2 aromatic rings. The maximum absolute atomic E-state index is 13.2. The Hall–Kier alpha value is -2.33. The van der Waals surface area contributed by atoms with E-state index in [1.54, 1.807) is 4.90 Å². The minimum Gasteiger partial charge on any atom is -0.353 e. The van der Waals surface area contributed by atoms with Gasteiger partial charge in [-0.2, -0.15) is 17.5 Å². The second-order valence-corrected chi connectivity index (χ2v) is 10.5. The van der Waals surface area contributed by atoms with Crippen molar-refractivity contribution in [2.24, 2.45) is 13.0 Å². The lowest BCUT2D eigenvalue weighted by Gasteiger charge is -2.28. The van der Waals surface area contributed by atoms with Gasteiger partial charge in [0.05, 0.1) is 23.5 Å². The van der Waals surface area contributed by atoms with Crippen molar-refractivity contribution in [2.75, 3.05) is 13.1 Å². The van der Waals surface area contributed by atoms with E-state index >= 15 is 0 Å². The van der Waals surface area contributed by atoms with E-state index < -0.39 is 33.2 Å². The van der Waals surface area contributed by atoms with Crippen molar-refractivity contribution in [3.63, 3.8) is 0 Å². The van der Waals surface area contributed by atoms with Gasteiger partial charge in [0.1, 0.15) is 0 Å². The first kappa shape index (κ1) is 24.3. The third kappa shape index (κ3) is 5.72. The van der Waals surface area contributed by atoms with Gasteiger partial charge >= 0.3 is 6.18 Å². The largest absolute Gasteiger partial charge is 0.416 e. The Labute approximate surface area is 186 Å². The summed E-state index contributed by atoms with van der Waals surface area (Å²) in [6.07, 6.45) is -1.64. The Morgan fingerprint density at radius 2 is 1.88 bits per heavy atom. The molecule has 1 amide bonds. The smallest absolute Gasteiger partial charge is 0.353 e. The van der Waals surface area contributed by atoms with E-state index in [2.05, 4.69) is 0 Å². The van der Waals surface area contributed by atoms with Crippen molar-refractivity contribution in [1.82, 2.24) is 13.8 Å². The molecule has 6 nitrogen and oxygen atoms in total. The van der Waals surface area contributed by atoms with Gasteiger partial charge in [-0.25, -0.2) is 8.42 Å². The normalized spacial score (nSPS) is 14.9. The van der Waals surface area contributed by atoms with Gasteiger partial charge in [0, 0.05) is 31.5 Å². The average Bonchev–Trinajstić information content (AvgIpc) is 3.46. The van der Waals surface area contributed by atoms with Gasteiger partial charge in [0.25, 0.3) is 0 Å². The molecule has 1 heterocycles. The van der Waals surface area contributed by atoms with Gasteiger partial charge in [-0.3, -0.25) is 4.79 Å². The Balaban J connectivity index is 1.86. The number of nitrogens with zero attached hydrogens (tertiary/aromatic N) is 3. The summed E-state index contributed by atoms with van der Waals surface area (Å²) in [6.45, 7) is 4.28. The first-order chi connectivity index (χ1) is 14.9. The number of sulfonamides is 1. The van der Waals surface area contributed by atoms with E-state index in [9.17, 15) is 26.4 Å². The summed E-state index contributed by atoms with van der Waals surface area (Å²) in [7, 11) is -2.40. The van der Waals surface area contributed by atoms with Crippen LogP contribution in [0.25, 0.3) is 0 Å². The number of halogens is 3. The maximum atomic E-state index is 13.2. The van der Waals surface area contributed by atoms with Gasteiger partial charge in [-0.05, 0) is 49.1 Å². The fraction of sp³-hybridized carbons (Fsp3) is 0.500. The molecule has 176 valence electrons. The Kier molecular flexibility index (Phi) is 7.04. The monoisotopic (exact) mass is 471 g/mol. The Morgan fingerprint density at radius 1 is 1.19 bits per heavy atom.